The molecule has 0 aromatic heterocycles. The fourth-order valence-corrected chi connectivity index (χ4v) is 5.53. The van der Waals surface area contributed by atoms with Crippen molar-refractivity contribution in [2.24, 2.45) is 17.1 Å². The first-order chi connectivity index (χ1) is 23.0. The second kappa shape index (κ2) is 21.6. The number of carbonyl (C=O) groups is 5. The zero-order valence-corrected chi connectivity index (χ0v) is 31.1. The Hall–Kier alpha value is -3.41. The van der Waals surface area contributed by atoms with Crippen LogP contribution < -0.4 is 21.7 Å². The van der Waals surface area contributed by atoms with Crippen LogP contribution >= 0.6 is 0 Å². The molecule has 2 aliphatic carbocycles. The first-order valence-corrected chi connectivity index (χ1v) is 17.6. The number of hydrogen-bond acceptors (Lipinski definition) is 6. The summed E-state index contributed by atoms with van der Waals surface area (Å²) >= 11 is 0. The van der Waals surface area contributed by atoms with Crippen molar-refractivity contribution in [1.82, 2.24) is 20.9 Å². The van der Waals surface area contributed by atoms with Crippen LogP contribution in [-0.4, -0.2) is 78.0 Å². The van der Waals surface area contributed by atoms with Crippen LogP contribution in [-0.2, 0) is 19.2 Å². The van der Waals surface area contributed by atoms with Gasteiger partial charge < -0.3 is 26.6 Å². The Balaban J connectivity index is 0.00000226. The molecular weight excluding hydrogens is 632 g/mol. The Labute approximate surface area is 293 Å². The molecule has 3 unspecified atom stereocenters. The number of aldehydes is 1. The molecule has 0 bridgehead atoms. The third-order valence-electron chi connectivity index (χ3n) is 8.54. The molecule has 3 rings (SSSR count). The highest BCUT2D eigenvalue weighted by Crippen LogP contribution is 2.45. The summed E-state index contributed by atoms with van der Waals surface area (Å²) in [6.07, 6.45) is 10.5. The van der Waals surface area contributed by atoms with Gasteiger partial charge in [-0.1, -0.05) is 111 Å². The first kappa shape index (κ1) is 45.6. The fourth-order valence-electron chi connectivity index (χ4n) is 5.53. The minimum Gasteiger partial charge on any atom is -0.344 e. The molecule has 5 N–H and O–H groups in total. The zero-order chi connectivity index (χ0) is 38.0. The quantitative estimate of drug-likeness (QED) is 0.118. The number of rotatable bonds is 11. The average Bonchev–Trinajstić information content (AvgIpc) is 3.68. The molecule has 3 fully saturated rings. The highest BCUT2D eigenvalue weighted by molar-refractivity contribution is 6.27. The topological polar surface area (TPSA) is 151 Å². The molecule has 280 valence electrons. The van der Waals surface area contributed by atoms with E-state index in [9.17, 15) is 24.0 Å². The number of alkyl halides is 2. The smallest absolute Gasteiger partial charge is 0.316 e. The van der Waals surface area contributed by atoms with Gasteiger partial charge in [0.25, 0.3) is 5.92 Å². The number of hydrogen-bond donors (Lipinski definition) is 4. The molecule has 0 aromatic rings. The van der Waals surface area contributed by atoms with Gasteiger partial charge in [-0.2, -0.15) is 8.78 Å². The molecule has 4 amide bonds. The monoisotopic (exact) mass is 695 g/mol. The van der Waals surface area contributed by atoms with Crippen LogP contribution in [0.15, 0.2) is 37.0 Å². The highest BCUT2D eigenvalue weighted by atomic mass is 19.3. The van der Waals surface area contributed by atoms with E-state index in [4.69, 9.17) is 0 Å². The molecule has 2 saturated carbocycles. The Bertz CT molecular complexity index is 1140. The van der Waals surface area contributed by atoms with Crippen LogP contribution in [0.25, 0.3) is 0 Å². The van der Waals surface area contributed by atoms with Crippen LogP contribution in [0.4, 0.5) is 13.6 Å². The average molecular weight is 696 g/mol. The van der Waals surface area contributed by atoms with Crippen molar-refractivity contribution >= 4 is 29.9 Å². The maximum absolute atomic E-state index is 15.9. The van der Waals surface area contributed by atoms with Crippen molar-refractivity contribution in [3.63, 3.8) is 0 Å². The van der Waals surface area contributed by atoms with E-state index in [1.807, 2.05) is 0 Å². The maximum Gasteiger partial charge on any atom is 0.316 e. The lowest BCUT2D eigenvalue weighted by atomic mass is 9.74. The number of halogens is 2. The SMILES string of the molecule is C=C/C=C(\C=C)C(F)(F)C1(NC(=O)NC(C(=O)N2CCCC2C(=O)NC(C)C(=O)C=O)C(C)(C)C)CCCCC1.CC1CC1.CCC.CN. The number of urea groups is 1. The molecule has 0 aromatic carbocycles. The molecule has 1 heterocycles. The molecular formula is C37H63F2N5O5. The Morgan fingerprint density at radius 3 is 1.94 bits per heavy atom. The van der Waals surface area contributed by atoms with E-state index < -0.39 is 58.6 Å². The van der Waals surface area contributed by atoms with E-state index >= 15 is 8.78 Å². The van der Waals surface area contributed by atoms with Crippen LogP contribution in [0.5, 0.6) is 0 Å². The summed E-state index contributed by atoms with van der Waals surface area (Å²) in [6.45, 7) is 20.3. The van der Waals surface area contributed by atoms with Gasteiger partial charge in [0, 0.05) is 12.1 Å². The van der Waals surface area contributed by atoms with Gasteiger partial charge in [-0.3, -0.25) is 19.2 Å². The van der Waals surface area contributed by atoms with Crippen molar-refractivity contribution in [2.45, 2.75) is 142 Å². The third-order valence-corrected chi connectivity index (χ3v) is 8.54. The largest absolute Gasteiger partial charge is 0.344 e. The van der Waals surface area contributed by atoms with Gasteiger partial charge in [0.15, 0.2) is 6.29 Å². The summed E-state index contributed by atoms with van der Waals surface area (Å²) in [4.78, 5) is 63.6. The number of carbonyl (C=O) groups excluding carboxylic acids is 5. The van der Waals surface area contributed by atoms with Gasteiger partial charge in [0.05, 0.1) is 6.04 Å². The first-order valence-electron chi connectivity index (χ1n) is 17.6. The van der Waals surface area contributed by atoms with Gasteiger partial charge in [0.1, 0.15) is 17.6 Å². The van der Waals surface area contributed by atoms with Crippen molar-refractivity contribution in [3.05, 3.63) is 37.0 Å². The normalized spacial score (nSPS) is 19.8. The van der Waals surface area contributed by atoms with Gasteiger partial charge in [-0.15, -0.1) is 0 Å². The fraction of sp³-hybridized carbons (Fsp3) is 0.703. The van der Waals surface area contributed by atoms with Crippen LogP contribution in [0.1, 0.15) is 113 Å². The minimum atomic E-state index is -3.45. The van der Waals surface area contributed by atoms with Gasteiger partial charge in [-0.05, 0) is 51.0 Å². The Kier molecular flexibility index (Phi) is 20.1. The predicted molar refractivity (Wildman–Crippen MR) is 192 cm³/mol. The molecule has 0 spiro atoms. The number of nitrogens with two attached hydrogens (primary N) is 1. The minimum absolute atomic E-state index is 0.0376. The molecule has 3 aliphatic rings. The third kappa shape index (κ3) is 13.8. The predicted octanol–water partition coefficient (Wildman–Crippen LogP) is 6.01. The molecule has 3 atom stereocenters. The Morgan fingerprint density at radius 2 is 1.51 bits per heavy atom. The molecule has 1 aliphatic heterocycles. The Morgan fingerprint density at radius 1 is 0.980 bits per heavy atom. The summed E-state index contributed by atoms with van der Waals surface area (Å²) in [5.41, 5.74) is 1.42. The summed E-state index contributed by atoms with van der Waals surface area (Å²) in [5.74, 6) is -4.29. The molecule has 1 saturated heterocycles. The van der Waals surface area contributed by atoms with Crippen LogP contribution in [0, 0.1) is 11.3 Å². The standard InChI is InChI=1S/C29H42F2N4O5.C4H8.C3H8.CH5N/c1-7-13-20(8-2)29(30,31)28(15-10-9-11-16-28)34-26(40)33-23(27(4,5)6)25(39)35-17-12-14-21(35)24(38)32-19(3)22(37)18-36;1-4-2-3-4;1-3-2;1-2/h7-8,13,18-19,21,23H,1-2,9-12,14-17H2,3-6H3,(H,32,38)(H2,33,34,40);4H,2-3H2,1H3;3H2,1-2H3;2H2,1H3/b20-13+;;;. The highest BCUT2D eigenvalue weighted by Gasteiger charge is 2.56. The number of Topliss-reactive ketones (excluding diaryl/α,β-unsaturated/α-hetero) is 1. The van der Waals surface area contributed by atoms with Crippen LogP contribution in [0.2, 0.25) is 0 Å². The number of nitrogens with zero attached hydrogens (tertiary/aromatic N) is 1. The van der Waals surface area contributed by atoms with E-state index in [2.05, 4.69) is 55.6 Å². The zero-order valence-electron chi connectivity index (χ0n) is 31.1. The van der Waals surface area contributed by atoms with Gasteiger partial charge in [-0.25, -0.2) is 4.79 Å². The number of ketones is 1. The summed E-state index contributed by atoms with van der Waals surface area (Å²) < 4.78 is 31.8. The van der Waals surface area contributed by atoms with Gasteiger partial charge in [0.2, 0.25) is 17.6 Å². The summed E-state index contributed by atoms with van der Waals surface area (Å²) in [6, 6.07) is -4.01. The van der Waals surface area contributed by atoms with E-state index in [0.29, 0.717) is 25.7 Å². The van der Waals surface area contributed by atoms with Gasteiger partial charge >= 0.3 is 6.03 Å². The van der Waals surface area contributed by atoms with Crippen molar-refractivity contribution in [1.29, 1.82) is 0 Å². The molecule has 10 nitrogen and oxygen atoms in total. The molecule has 12 heteroatoms. The second-order valence-corrected chi connectivity index (χ2v) is 14.0. The van der Waals surface area contributed by atoms with Crippen molar-refractivity contribution in [2.75, 3.05) is 13.6 Å². The van der Waals surface area contributed by atoms with Crippen LogP contribution in [0.3, 0.4) is 0 Å². The van der Waals surface area contributed by atoms with E-state index in [1.54, 1.807) is 20.8 Å². The molecule has 0 radical (unpaired) electrons. The summed E-state index contributed by atoms with van der Waals surface area (Å²) in [5, 5.41) is 7.61. The van der Waals surface area contributed by atoms with Crippen molar-refractivity contribution in [3.8, 4) is 0 Å². The van der Waals surface area contributed by atoms with E-state index in [-0.39, 0.29) is 31.2 Å². The number of amides is 4. The lowest BCUT2D eigenvalue weighted by Crippen LogP contribution is -2.66. The number of likely N-dealkylation sites (tertiary alicyclic amines) is 1. The molecule has 49 heavy (non-hydrogen) atoms. The number of nitrogens with one attached hydrogen (secondary N) is 3. The second-order valence-electron chi connectivity index (χ2n) is 14.0. The van der Waals surface area contributed by atoms with E-state index in [0.717, 1.165) is 18.4 Å². The lowest BCUT2D eigenvalue weighted by molar-refractivity contribution is -0.142. The van der Waals surface area contributed by atoms with Crippen molar-refractivity contribution < 1.29 is 32.8 Å². The maximum atomic E-state index is 15.9. The lowest BCUT2D eigenvalue weighted by Gasteiger charge is -2.45. The number of allylic oxidation sites excluding steroid dienone is 3. The van der Waals surface area contributed by atoms with E-state index in [1.165, 1.54) is 50.3 Å². The summed E-state index contributed by atoms with van der Waals surface area (Å²) in [7, 11) is 1.50.